The number of nitrogens with zero attached hydrogens (tertiary/aromatic N) is 3. The van der Waals surface area contributed by atoms with E-state index in [0.29, 0.717) is 18.2 Å². The van der Waals surface area contributed by atoms with Crippen molar-refractivity contribution in [1.82, 2.24) is 20.6 Å². The Hall–Kier alpha value is -2.74. The third-order valence-corrected chi connectivity index (χ3v) is 4.17. The number of carbonyl (C=O) groups excluding carboxylic acids is 1. The number of fused-ring (bicyclic) bond motifs is 1. The summed E-state index contributed by atoms with van der Waals surface area (Å²) >= 11 is 1.47. The minimum Gasteiger partial charge on any atom is -0.489 e. The number of tetrazole rings is 1. The summed E-state index contributed by atoms with van der Waals surface area (Å²) in [5.74, 6) is 0.686. The Bertz CT molecular complexity index is 825. The van der Waals surface area contributed by atoms with Crippen molar-refractivity contribution in [1.29, 1.82) is 0 Å². The molecule has 0 spiro atoms. The summed E-state index contributed by atoms with van der Waals surface area (Å²) in [7, 11) is 0. The van der Waals surface area contributed by atoms with E-state index in [9.17, 15) is 4.79 Å². The van der Waals surface area contributed by atoms with Crippen LogP contribution in [-0.2, 0) is 11.2 Å². The van der Waals surface area contributed by atoms with Crippen LogP contribution in [0.15, 0.2) is 30.9 Å². The van der Waals surface area contributed by atoms with Gasteiger partial charge in [0.2, 0.25) is 11.7 Å². The van der Waals surface area contributed by atoms with Crippen molar-refractivity contribution in [2.24, 2.45) is 5.73 Å². The predicted molar refractivity (Wildman–Crippen MR) is 83.6 cm³/mol. The molecule has 0 unspecified atom stereocenters. The highest BCUT2D eigenvalue weighted by atomic mass is 32.1. The Morgan fingerprint density at radius 1 is 1.50 bits per heavy atom. The van der Waals surface area contributed by atoms with Crippen molar-refractivity contribution < 1.29 is 9.53 Å². The summed E-state index contributed by atoms with van der Waals surface area (Å²) in [6.45, 7) is 4.03. The fourth-order valence-corrected chi connectivity index (χ4v) is 3.45. The number of ether oxygens (including phenoxy) is 1. The van der Waals surface area contributed by atoms with Gasteiger partial charge in [0.25, 0.3) is 0 Å². The number of hydrogen-bond acceptors (Lipinski definition) is 6. The van der Waals surface area contributed by atoms with E-state index in [1.807, 2.05) is 18.2 Å². The quantitative estimate of drug-likeness (QED) is 0.673. The fourth-order valence-electron chi connectivity index (χ4n) is 2.22. The lowest BCUT2D eigenvalue weighted by molar-refractivity contribution is -0.117. The molecule has 1 amide bonds. The molecule has 1 aromatic carbocycles. The van der Waals surface area contributed by atoms with Crippen LogP contribution in [0, 0.1) is 0 Å². The van der Waals surface area contributed by atoms with Gasteiger partial charge in [-0.3, -0.25) is 4.79 Å². The molecule has 3 rings (SSSR count). The summed E-state index contributed by atoms with van der Waals surface area (Å²) in [5.41, 5.74) is 6.07. The third kappa shape index (κ3) is 2.56. The minimum absolute atomic E-state index is 0.115. The van der Waals surface area contributed by atoms with Gasteiger partial charge in [0.15, 0.2) is 0 Å². The molecule has 8 heteroatoms. The molecule has 7 nitrogen and oxygen atoms in total. The second-order valence-electron chi connectivity index (χ2n) is 4.51. The Labute approximate surface area is 129 Å². The molecule has 0 radical (unpaired) electrons. The van der Waals surface area contributed by atoms with Crippen molar-refractivity contribution in [3.05, 3.63) is 35.7 Å². The maximum atomic E-state index is 11.3. The molecule has 0 bridgehead atoms. The maximum absolute atomic E-state index is 11.3. The van der Waals surface area contributed by atoms with Crippen LogP contribution >= 0.6 is 11.3 Å². The van der Waals surface area contributed by atoms with Crippen LogP contribution in [0.5, 0.6) is 5.75 Å². The molecule has 0 aliphatic rings. The maximum Gasteiger partial charge on any atom is 0.222 e. The summed E-state index contributed by atoms with van der Waals surface area (Å²) in [5, 5.41) is 14.9. The van der Waals surface area contributed by atoms with E-state index in [-0.39, 0.29) is 6.42 Å². The van der Waals surface area contributed by atoms with Crippen LogP contribution in [0.3, 0.4) is 0 Å². The van der Waals surface area contributed by atoms with Gasteiger partial charge in [0.05, 0.1) is 6.42 Å². The van der Waals surface area contributed by atoms with Gasteiger partial charge >= 0.3 is 0 Å². The van der Waals surface area contributed by atoms with Crippen LogP contribution in [0.1, 0.15) is 4.88 Å². The van der Waals surface area contributed by atoms with Gasteiger partial charge in [-0.25, -0.2) is 0 Å². The van der Waals surface area contributed by atoms with E-state index in [1.54, 1.807) is 6.08 Å². The zero-order valence-corrected chi connectivity index (χ0v) is 12.4. The van der Waals surface area contributed by atoms with Crippen LogP contribution in [0.25, 0.3) is 21.5 Å². The van der Waals surface area contributed by atoms with E-state index in [1.165, 1.54) is 11.3 Å². The standard InChI is InChI=1S/C14H13N5O2S/c1-2-6-21-8-4-3-5-9-12(8)13(14-16-18-19-17-14)10(22-9)7-11(15)20/h2-5H,1,6-7H2,(H2,15,20)(H,16,17,18,19). The summed E-state index contributed by atoms with van der Waals surface area (Å²) in [4.78, 5) is 12.1. The molecule has 2 heterocycles. The molecule has 112 valence electrons. The number of nitrogens with two attached hydrogens (primary N) is 1. The Kier molecular flexibility index (Phi) is 3.84. The molecular formula is C14H13N5O2S. The second kappa shape index (κ2) is 5.94. The number of amides is 1. The first-order chi connectivity index (χ1) is 10.7. The topological polar surface area (TPSA) is 107 Å². The Morgan fingerprint density at radius 2 is 2.36 bits per heavy atom. The van der Waals surface area contributed by atoms with Gasteiger partial charge in [0.1, 0.15) is 12.4 Å². The van der Waals surface area contributed by atoms with E-state index in [4.69, 9.17) is 10.5 Å². The van der Waals surface area contributed by atoms with E-state index in [2.05, 4.69) is 27.2 Å². The average Bonchev–Trinajstić information content (AvgIpc) is 3.10. The fraction of sp³-hybridized carbons (Fsp3) is 0.143. The number of primary amides is 1. The van der Waals surface area contributed by atoms with Crippen LogP contribution < -0.4 is 10.5 Å². The number of carbonyl (C=O) groups is 1. The molecule has 0 saturated carbocycles. The van der Waals surface area contributed by atoms with Crippen LogP contribution in [-0.4, -0.2) is 33.1 Å². The van der Waals surface area contributed by atoms with Gasteiger partial charge in [0, 0.05) is 20.5 Å². The zero-order valence-electron chi connectivity index (χ0n) is 11.6. The number of H-pyrrole nitrogens is 1. The number of aromatic nitrogens is 4. The molecule has 3 N–H and O–H groups in total. The van der Waals surface area contributed by atoms with Crippen molar-refractivity contribution in [3.63, 3.8) is 0 Å². The first-order valence-corrected chi connectivity index (χ1v) is 7.32. The molecule has 0 aliphatic carbocycles. The van der Waals surface area contributed by atoms with E-state index in [0.717, 1.165) is 20.5 Å². The highest BCUT2D eigenvalue weighted by molar-refractivity contribution is 7.19. The van der Waals surface area contributed by atoms with Gasteiger partial charge in [-0.2, -0.15) is 5.21 Å². The number of thiophene rings is 1. The molecular weight excluding hydrogens is 302 g/mol. The molecule has 3 aromatic rings. The SMILES string of the molecule is C=CCOc1cccc2sc(CC(N)=O)c(-c3nn[nH]n3)c12. The molecule has 0 aliphatic heterocycles. The molecule has 2 aromatic heterocycles. The summed E-state index contributed by atoms with van der Waals surface area (Å²) < 4.78 is 6.68. The first kappa shape index (κ1) is 14.2. The number of aromatic amines is 1. The van der Waals surface area contributed by atoms with Gasteiger partial charge in [-0.1, -0.05) is 18.7 Å². The lowest BCUT2D eigenvalue weighted by atomic mass is 10.1. The average molecular weight is 315 g/mol. The van der Waals surface area contributed by atoms with Crippen molar-refractivity contribution in [3.8, 4) is 17.1 Å². The predicted octanol–water partition coefficient (Wildman–Crippen LogP) is 1.67. The molecule has 0 atom stereocenters. The minimum atomic E-state index is -0.412. The third-order valence-electron chi connectivity index (χ3n) is 3.01. The lowest BCUT2D eigenvalue weighted by Crippen LogP contribution is -2.13. The van der Waals surface area contributed by atoms with Gasteiger partial charge in [-0.15, -0.1) is 21.5 Å². The first-order valence-electron chi connectivity index (χ1n) is 6.51. The van der Waals surface area contributed by atoms with Crippen LogP contribution in [0.4, 0.5) is 0 Å². The Balaban J connectivity index is 2.25. The summed E-state index contributed by atoms with van der Waals surface area (Å²) in [6.07, 6.45) is 1.79. The number of nitrogens with one attached hydrogen (secondary N) is 1. The highest BCUT2D eigenvalue weighted by Crippen LogP contribution is 2.42. The van der Waals surface area contributed by atoms with E-state index >= 15 is 0 Å². The summed E-state index contributed by atoms with van der Waals surface area (Å²) in [6, 6.07) is 5.70. The van der Waals surface area contributed by atoms with Crippen molar-refractivity contribution >= 4 is 27.3 Å². The van der Waals surface area contributed by atoms with Crippen molar-refractivity contribution in [2.75, 3.05) is 6.61 Å². The monoisotopic (exact) mass is 315 g/mol. The normalized spacial score (nSPS) is 10.7. The van der Waals surface area contributed by atoms with Gasteiger partial charge < -0.3 is 10.5 Å². The van der Waals surface area contributed by atoms with Crippen molar-refractivity contribution in [2.45, 2.75) is 6.42 Å². The largest absolute Gasteiger partial charge is 0.489 e. The second-order valence-corrected chi connectivity index (χ2v) is 5.64. The number of hydrogen-bond donors (Lipinski definition) is 2. The van der Waals surface area contributed by atoms with Crippen LogP contribution in [0.2, 0.25) is 0 Å². The van der Waals surface area contributed by atoms with Gasteiger partial charge in [-0.05, 0) is 17.3 Å². The molecule has 22 heavy (non-hydrogen) atoms. The lowest BCUT2D eigenvalue weighted by Gasteiger charge is -2.06. The number of rotatable bonds is 6. The number of benzene rings is 1. The van der Waals surface area contributed by atoms with E-state index < -0.39 is 5.91 Å². The molecule has 0 fully saturated rings. The highest BCUT2D eigenvalue weighted by Gasteiger charge is 2.21. The smallest absolute Gasteiger partial charge is 0.222 e. The molecule has 0 saturated heterocycles. The Morgan fingerprint density at radius 3 is 3.05 bits per heavy atom. The zero-order chi connectivity index (χ0) is 15.5.